The molecule has 0 aliphatic carbocycles. The van der Waals surface area contributed by atoms with Crippen LogP contribution in [0, 0.1) is 5.82 Å². The Morgan fingerprint density at radius 1 is 1.12 bits per heavy atom. The number of fused-ring (bicyclic) bond motifs is 1. The standard InChI is InChI=1S/C17H16FN3O3/c1-2-9-21-14-8-7-13(10-15(14)24-17(21)23)20-16(22)19-12-5-3-11(18)4-6-12/h3-8,10H,2,9H2,1H3,(H2,19,20,22). The van der Waals surface area contributed by atoms with Crippen LogP contribution in [0.3, 0.4) is 0 Å². The summed E-state index contributed by atoms with van der Waals surface area (Å²) in [7, 11) is 0. The lowest BCUT2D eigenvalue weighted by Crippen LogP contribution is -2.19. The molecule has 3 rings (SSSR count). The van der Waals surface area contributed by atoms with E-state index in [1.54, 1.807) is 22.8 Å². The second-order valence-electron chi connectivity index (χ2n) is 5.29. The van der Waals surface area contributed by atoms with Crippen LogP contribution < -0.4 is 16.4 Å². The molecule has 0 spiro atoms. The van der Waals surface area contributed by atoms with Crippen LogP contribution in [-0.2, 0) is 6.54 Å². The predicted molar refractivity (Wildman–Crippen MR) is 89.8 cm³/mol. The van der Waals surface area contributed by atoms with Gasteiger partial charge in [0, 0.05) is 24.0 Å². The van der Waals surface area contributed by atoms with Gasteiger partial charge in [-0.1, -0.05) is 6.92 Å². The van der Waals surface area contributed by atoms with Gasteiger partial charge in [-0.15, -0.1) is 0 Å². The van der Waals surface area contributed by atoms with Crippen molar-refractivity contribution in [2.45, 2.75) is 19.9 Å². The third-order valence-electron chi connectivity index (χ3n) is 3.48. The van der Waals surface area contributed by atoms with Gasteiger partial charge in [0.2, 0.25) is 0 Å². The molecule has 0 atom stereocenters. The van der Waals surface area contributed by atoms with E-state index in [-0.39, 0.29) is 5.82 Å². The van der Waals surface area contributed by atoms with E-state index in [9.17, 15) is 14.0 Å². The van der Waals surface area contributed by atoms with Gasteiger partial charge < -0.3 is 15.1 Å². The number of carbonyl (C=O) groups excluding carboxylic acids is 1. The first-order valence-electron chi connectivity index (χ1n) is 7.54. The summed E-state index contributed by atoms with van der Waals surface area (Å²) < 4.78 is 19.6. The third kappa shape index (κ3) is 3.29. The molecule has 0 aliphatic heterocycles. The van der Waals surface area contributed by atoms with E-state index in [1.807, 2.05) is 6.92 Å². The lowest BCUT2D eigenvalue weighted by molar-refractivity contribution is 0.262. The monoisotopic (exact) mass is 329 g/mol. The van der Waals surface area contributed by atoms with Gasteiger partial charge in [-0.3, -0.25) is 4.57 Å². The number of aromatic nitrogens is 1. The van der Waals surface area contributed by atoms with E-state index in [4.69, 9.17) is 4.42 Å². The number of carbonyl (C=O) groups is 1. The van der Waals surface area contributed by atoms with Crippen molar-refractivity contribution in [3.05, 3.63) is 58.8 Å². The normalized spacial score (nSPS) is 10.8. The van der Waals surface area contributed by atoms with E-state index in [0.717, 1.165) is 6.42 Å². The predicted octanol–water partition coefficient (Wildman–Crippen LogP) is 3.79. The number of nitrogens with zero attached hydrogens (tertiary/aromatic N) is 1. The maximum atomic E-state index is 12.8. The quantitative estimate of drug-likeness (QED) is 0.764. The lowest BCUT2D eigenvalue weighted by atomic mass is 10.2. The molecule has 6 nitrogen and oxygen atoms in total. The summed E-state index contributed by atoms with van der Waals surface area (Å²) in [5, 5.41) is 5.23. The number of rotatable bonds is 4. The van der Waals surface area contributed by atoms with Crippen LogP contribution >= 0.6 is 0 Å². The molecule has 0 unspecified atom stereocenters. The smallest absolute Gasteiger partial charge is 0.408 e. The van der Waals surface area contributed by atoms with Crippen molar-refractivity contribution in [1.29, 1.82) is 0 Å². The fourth-order valence-corrected chi connectivity index (χ4v) is 2.41. The van der Waals surface area contributed by atoms with Crippen molar-refractivity contribution < 1.29 is 13.6 Å². The van der Waals surface area contributed by atoms with Gasteiger partial charge in [0.15, 0.2) is 5.58 Å². The molecular weight excluding hydrogens is 313 g/mol. The number of oxazole rings is 1. The first-order chi connectivity index (χ1) is 11.6. The van der Waals surface area contributed by atoms with Crippen LogP contribution in [0.25, 0.3) is 11.1 Å². The van der Waals surface area contributed by atoms with Crippen molar-refractivity contribution in [2.24, 2.45) is 0 Å². The minimum absolute atomic E-state index is 0.377. The van der Waals surface area contributed by atoms with E-state index in [1.165, 1.54) is 24.3 Å². The highest BCUT2D eigenvalue weighted by Crippen LogP contribution is 2.19. The second kappa shape index (κ2) is 6.57. The zero-order valence-electron chi connectivity index (χ0n) is 13.0. The van der Waals surface area contributed by atoms with Gasteiger partial charge in [0.25, 0.3) is 0 Å². The Bertz CT molecular complexity index is 928. The number of aryl methyl sites for hydroxylation is 1. The Morgan fingerprint density at radius 3 is 2.50 bits per heavy atom. The topological polar surface area (TPSA) is 76.3 Å². The molecule has 0 radical (unpaired) electrons. The van der Waals surface area contributed by atoms with Crippen LogP contribution in [0.5, 0.6) is 0 Å². The Kier molecular flexibility index (Phi) is 4.33. The molecule has 7 heteroatoms. The first-order valence-corrected chi connectivity index (χ1v) is 7.54. The van der Waals surface area contributed by atoms with Crippen LogP contribution in [-0.4, -0.2) is 10.6 Å². The number of anilines is 2. The Hall–Kier alpha value is -3.09. The average molecular weight is 329 g/mol. The van der Waals surface area contributed by atoms with Crippen molar-refractivity contribution in [3.8, 4) is 0 Å². The molecule has 2 N–H and O–H groups in total. The average Bonchev–Trinajstić information content (AvgIpc) is 2.85. The Labute approximate surface area is 136 Å². The molecular formula is C17H16FN3O3. The largest absolute Gasteiger partial charge is 0.419 e. The van der Waals surface area contributed by atoms with E-state index < -0.39 is 11.8 Å². The molecule has 1 heterocycles. The zero-order chi connectivity index (χ0) is 17.1. The Morgan fingerprint density at radius 2 is 1.79 bits per heavy atom. The van der Waals surface area contributed by atoms with Crippen LogP contribution in [0.4, 0.5) is 20.6 Å². The van der Waals surface area contributed by atoms with Crippen molar-refractivity contribution in [2.75, 3.05) is 10.6 Å². The molecule has 0 fully saturated rings. The summed E-state index contributed by atoms with van der Waals surface area (Å²) in [4.78, 5) is 23.8. The van der Waals surface area contributed by atoms with E-state index in [2.05, 4.69) is 10.6 Å². The van der Waals surface area contributed by atoms with Gasteiger partial charge in [-0.2, -0.15) is 0 Å². The van der Waals surface area contributed by atoms with Gasteiger partial charge in [0.05, 0.1) is 5.52 Å². The number of hydrogen-bond acceptors (Lipinski definition) is 3. The van der Waals surface area contributed by atoms with Gasteiger partial charge in [-0.05, 0) is 42.8 Å². The SMILES string of the molecule is CCCn1c(=O)oc2cc(NC(=O)Nc3ccc(F)cc3)ccc21. The number of nitrogens with one attached hydrogen (secondary N) is 2. The minimum atomic E-state index is -0.476. The van der Waals surface area contributed by atoms with Gasteiger partial charge in [0.1, 0.15) is 5.82 Å². The first kappa shape index (κ1) is 15.8. The fourth-order valence-electron chi connectivity index (χ4n) is 2.41. The van der Waals surface area contributed by atoms with Crippen LogP contribution in [0.15, 0.2) is 51.7 Å². The molecule has 2 amide bonds. The lowest BCUT2D eigenvalue weighted by Gasteiger charge is -2.07. The van der Waals surface area contributed by atoms with Gasteiger partial charge >= 0.3 is 11.8 Å². The van der Waals surface area contributed by atoms with E-state index >= 15 is 0 Å². The number of hydrogen-bond donors (Lipinski definition) is 2. The van der Waals surface area contributed by atoms with Crippen molar-refractivity contribution >= 4 is 28.5 Å². The summed E-state index contributed by atoms with van der Waals surface area (Å²) in [6.07, 6.45) is 0.814. The molecule has 0 bridgehead atoms. The number of benzene rings is 2. The zero-order valence-corrected chi connectivity index (χ0v) is 13.0. The number of urea groups is 1. The Balaban J connectivity index is 1.76. The second-order valence-corrected chi connectivity index (χ2v) is 5.29. The molecule has 24 heavy (non-hydrogen) atoms. The molecule has 2 aromatic carbocycles. The number of halogens is 1. The summed E-state index contributed by atoms with van der Waals surface area (Å²) in [5.74, 6) is -0.794. The van der Waals surface area contributed by atoms with Crippen LogP contribution in [0.2, 0.25) is 0 Å². The molecule has 0 saturated heterocycles. The summed E-state index contributed by atoms with van der Waals surface area (Å²) >= 11 is 0. The highest BCUT2D eigenvalue weighted by Gasteiger charge is 2.10. The molecule has 1 aromatic heterocycles. The summed E-state index contributed by atoms with van der Waals surface area (Å²) in [5.41, 5.74) is 2.05. The highest BCUT2D eigenvalue weighted by molar-refractivity contribution is 6.00. The molecule has 124 valence electrons. The molecule has 0 aliphatic rings. The summed E-state index contributed by atoms with van der Waals surface area (Å²) in [6, 6.07) is 9.96. The van der Waals surface area contributed by atoms with Crippen molar-refractivity contribution in [1.82, 2.24) is 4.57 Å². The maximum Gasteiger partial charge on any atom is 0.419 e. The molecule has 3 aromatic rings. The fraction of sp³-hybridized carbons (Fsp3) is 0.176. The van der Waals surface area contributed by atoms with E-state index in [0.29, 0.717) is 29.0 Å². The van der Waals surface area contributed by atoms with Crippen molar-refractivity contribution in [3.63, 3.8) is 0 Å². The third-order valence-corrected chi connectivity index (χ3v) is 3.48. The number of amides is 2. The van der Waals surface area contributed by atoms with Gasteiger partial charge in [-0.25, -0.2) is 14.0 Å². The molecule has 0 saturated carbocycles. The minimum Gasteiger partial charge on any atom is -0.408 e. The highest BCUT2D eigenvalue weighted by atomic mass is 19.1. The summed E-state index contributed by atoms with van der Waals surface area (Å²) in [6.45, 7) is 2.55. The van der Waals surface area contributed by atoms with Crippen LogP contribution in [0.1, 0.15) is 13.3 Å². The maximum absolute atomic E-state index is 12.8.